The van der Waals surface area contributed by atoms with Gasteiger partial charge < -0.3 is 15.5 Å². The molecule has 5 nitrogen and oxygen atoms in total. The number of thioether (sulfide) groups is 1. The molecule has 31 heavy (non-hydrogen) atoms. The highest BCUT2D eigenvalue weighted by Gasteiger charge is 2.14. The van der Waals surface area contributed by atoms with Crippen molar-refractivity contribution in [3.8, 4) is 0 Å². The van der Waals surface area contributed by atoms with Crippen LogP contribution in [0.2, 0.25) is 0 Å². The van der Waals surface area contributed by atoms with Crippen molar-refractivity contribution in [3.05, 3.63) is 68.4 Å². The molecule has 1 aliphatic rings. The average molecular weight is 442 g/mol. The molecule has 0 amide bonds. The van der Waals surface area contributed by atoms with E-state index in [0.717, 1.165) is 29.7 Å². The smallest absolute Gasteiger partial charge is 0.334 e. The molecule has 0 unspecified atom stereocenters. The highest BCUT2D eigenvalue weighted by atomic mass is 32.2. The maximum Gasteiger partial charge on any atom is 0.334 e. The number of hydrogen-bond acceptors (Lipinski definition) is 6. The van der Waals surface area contributed by atoms with E-state index in [4.69, 9.17) is 10.1 Å². The van der Waals surface area contributed by atoms with Gasteiger partial charge in [-0.1, -0.05) is 41.5 Å². The first-order valence-electron chi connectivity index (χ1n) is 10.5. The minimum atomic E-state index is -0.338. The standard InChI is InChI=1S/C25H35N3O2S/c1-7-20(5)23(22(16-26)24-27-13-9-14-28-24)31-17-21(6)25(29)30-15-12-19(4)11-8-10-18(2)3/h9-10,12-14,16-17,26-27H,7-8,11,15H2,1-6H3/b19-12+,21-17+,23-20-,24-22-,26-16?. The minimum absolute atomic E-state index is 0.271. The fourth-order valence-corrected chi connectivity index (χ4v) is 3.55. The summed E-state index contributed by atoms with van der Waals surface area (Å²) in [5, 5.41) is 12.7. The number of rotatable bonds is 11. The summed E-state index contributed by atoms with van der Waals surface area (Å²) in [6.07, 6.45) is 13.5. The lowest BCUT2D eigenvalue weighted by Gasteiger charge is -2.14. The molecule has 0 spiro atoms. The van der Waals surface area contributed by atoms with E-state index in [9.17, 15) is 4.79 Å². The van der Waals surface area contributed by atoms with E-state index in [1.165, 1.54) is 29.1 Å². The van der Waals surface area contributed by atoms with E-state index >= 15 is 0 Å². The van der Waals surface area contributed by atoms with Gasteiger partial charge in [-0.15, -0.1) is 0 Å². The van der Waals surface area contributed by atoms with Gasteiger partial charge in [-0.05, 0) is 71.4 Å². The summed E-state index contributed by atoms with van der Waals surface area (Å²) in [6.45, 7) is 12.3. The largest absolute Gasteiger partial charge is 0.458 e. The third-order valence-electron chi connectivity index (χ3n) is 4.58. The average Bonchev–Trinajstić information content (AvgIpc) is 2.76. The molecule has 0 saturated heterocycles. The first-order chi connectivity index (χ1) is 14.8. The molecule has 2 N–H and O–H groups in total. The number of carbonyl (C=O) groups is 1. The normalized spacial score (nSPS) is 16.3. The van der Waals surface area contributed by atoms with Crippen LogP contribution in [0.4, 0.5) is 0 Å². The minimum Gasteiger partial charge on any atom is -0.458 e. The van der Waals surface area contributed by atoms with Crippen LogP contribution in [0.3, 0.4) is 0 Å². The van der Waals surface area contributed by atoms with E-state index < -0.39 is 0 Å². The zero-order valence-corrected chi connectivity index (χ0v) is 20.4. The van der Waals surface area contributed by atoms with Gasteiger partial charge in [0.2, 0.25) is 0 Å². The number of aliphatic imine (C=N–C) groups is 1. The van der Waals surface area contributed by atoms with Crippen LogP contribution in [0.5, 0.6) is 0 Å². The summed E-state index contributed by atoms with van der Waals surface area (Å²) in [4.78, 5) is 17.6. The van der Waals surface area contributed by atoms with Crippen molar-refractivity contribution < 1.29 is 9.53 Å². The Morgan fingerprint density at radius 1 is 1.23 bits per heavy atom. The number of nitrogens with zero attached hydrogens (tertiary/aromatic N) is 1. The molecule has 0 atom stereocenters. The summed E-state index contributed by atoms with van der Waals surface area (Å²) >= 11 is 1.42. The first kappa shape index (κ1) is 26.4. The van der Waals surface area contributed by atoms with Crippen molar-refractivity contribution in [2.24, 2.45) is 4.99 Å². The summed E-state index contributed by atoms with van der Waals surface area (Å²) in [5.41, 5.74) is 4.86. The van der Waals surface area contributed by atoms with Crippen molar-refractivity contribution >= 4 is 30.2 Å². The Bertz CT molecular complexity index is 867. The van der Waals surface area contributed by atoms with Crippen LogP contribution >= 0.6 is 11.8 Å². The molecule has 0 bridgehead atoms. The van der Waals surface area contributed by atoms with Crippen molar-refractivity contribution in [3.63, 3.8) is 0 Å². The molecular formula is C25H35N3O2S. The van der Waals surface area contributed by atoms with Crippen molar-refractivity contribution in [1.29, 1.82) is 5.41 Å². The van der Waals surface area contributed by atoms with Gasteiger partial charge in [0.05, 0.1) is 0 Å². The lowest BCUT2D eigenvalue weighted by molar-refractivity contribution is -0.137. The Morgan fingerprint density at radius 2 is 1.97 bits per heavy atom. The zero-order chi connectivity index (χ0) is 23.2. The summed E-state index contributed by atoms with van der Waals surface area (Å²) < 4.78 is 5.39. The predicted molar refractivity (Wildman–Crippen MR) is 134 cm³/mol. The number of allylic oxidation sites excluding steroid dienone is 6. The van der Waals surface area contributed by atoms with Crippen LogP contribution in [-0.2, 0) is 9.53 Å². The van der Waals surface area contributed by atoms with Crippen LogP contribution in [0, 0.1) is 5.41 Å². The molecule has 6 heteroatoms. The van der Waals surface area contributed by atoms with Crippen LogP contribution in [0.1, 0.15) is 60.8 Å². The van der Waals surface area contributed by atoms with E-state index in [1.807, 2.05) is 13.0 Å². The summed E-state index contributed by atoms with van der Waals surface area (Å²) in [7, 11) is 0. The Labute approximate surface area is 191 Å². The second kappa shape index (κ2) is 14.4. The number of carbonyl (C=O) groups excluding carboxylic acids is 1. The van der Waals surface area contributed by atoms with E-state index in [0.29, 0.717) is 17.0 Å². The second-order valence-electron chi connectivity index (χ2n) is 7.54. The Morgan fingerprint density at radius 3 is 2.55 bits per heavy atom. The number of ether oxygens (including phenoxy) is 1. The van der Waals surface area contributed by atoms with Crippen molar-refractivity contribution in [1.82, 2.24) is 5.32 Å². The van der Waals surface area contributed by atoms with Crippen LogP contribution in [-0.4, -0.2) is 25.0 Å². The van der Waals surface area contributed by atoms with Crippen molar-refractivity contribution in [2.75, 3.05) is 6.61 Å². The molecule has 0 fully saturated rings. The summed E-state index contributed by atoms with van der Waals surface area (Å²) in [6, 6.07) is 0. The molecule has 0 aromatic heterocycles. The Kier molecular flexibility index (Phi) is 12.3. The maximum absolute atomic E-state index is 12.4. The van der Waals surface area contributed by atoms with E-state index in [2.05, 4.69) is 44.1 Å². The molecular weight excluding hydrogens is 406 g/mol. The van der Waals surface area contributed by atoms with Gasteiger partial charge in [-0.25, -0.2) is 9.79 Å². The molecule has 1 rings (SSSR count). The zero-order valence-electron chi connectivity index (χ0n) is 19.5. The SMILES string of the molecule is CC/C(C)=C(S/C=C(\C)C(=O)OC/C=C(\C)CCC=C(C)C)/C(C=N)=C1\N=CC=CN1. The van der Waals surface area contributed by atoms with Gasteiger partial charge >= 0.3 is 5.97 Å². The molecule has 1 aliphatic heterocycles. The van der Waals surface area contributed by atoms with Gasteiger partial charge in [-0.2, -0.15) is 0 Å². The fourth-order valence-electron chi connectivity index (χ4n) is 2.53. The number of esters is 1. The van der Waals surface area contributed by atoms with Gasteiger partial charge in [0, 0.05) is 34.7 Å². The molecule has 0 aromatic rings. The number of hydrogen-bond donors (Lipinski definition) is 2. The van der Waals surface area contributed by atoms with E-state index in [1.54, 1.807) is 30.8 Å². The molecule has 0 radical (unpaired) electrons. The summed E-state index contributed by atoms with van der Waals surface area (Å²) in [5.74, 6) is 0.283. The lowest BCUT2D eigenvalue weighted by atomic mass is 10.1. The van der Waals surface area contributed by atoms with Crippen LogP contribution in [0.15, 0.2) is 73.4 Å². The van der Waals surface area contributed by atoms with Gasteiger partial charge in [-0.3, -0.25) is 0 Å². The third-order valence-corrected chi connectivity index (χ3v) is 5.86. The van der Waals surface area contributed by atoms with Crippen LogP contribution in [0.25, 0.3) is 0 Å². The Balaban J connectivity index is 2.81. The van der Waals surface area contributed by atoms with Crippen molar-refractivity contribution in [2.45, 2.75) is 60.8 Å². The van der Waals surface area contributed by atoms with Crippen LogP contribution < -0.4 is 5.32 Å². The molecule has 0 saturated carbocycles. The maximum atomic E-state index is 12.4. The topological polar surface area (TPSA) is 74.5 Å². The van der Waals surface area contributed by atoms with E-state index in [-0.39, 0.29) is 12.6 Å². The first-order valence-corrected chi connectivity index (χ1v) is 11.4. The molecule has 0 aromatic carbocycles. The van der Waals surface area contributed by atoms with Gasteiger partial charge in [0.25, 0.3) is 0 Å². The number of nitrogens with one attached hydrogen (secondary N) is 2. The van der Waals surface area contributed by atoms with Gasteiger partial charge in [0.15, 0.2) is 0 Å². The quantitative estimate of drug-likeness (QED) is 0.164. The monoisotopic (exact) mass is 441 g/mol. The fraction of sp³-hybridized carbons (Fsp3) is 0.400. The van der Waals surface area contributed by atoms with Gasteiger partial charge in [0.1, 0.15) is 12.4 Å². The second-order valence-corrected chi connectivity index (χ2v) is 8.42. The highest BCUT2D eigenvalue weighted by molar-refractivity contribution is 8.06. The Hall–Kier alpha value is -2.60. The lowest BCUT2D eigenvalue weighted by Crippen LogP contribution is -2.11. The predicted octanol–water partition coefficient (Wildman–Crippen LogP) is 6.59. The highest BCUT2D eigenvalue weighted by Crippen LogP contribution is 2.32. The molecule has 1 heterocycles. The third kappa shape index (κ3) is 9.83. The molecule has 0 aliphatic carbocycles. The molecule has 168 valence electrons.